The van der Waals surface area contributed by atoms with Crippen molar-refractivity contribution in [3.8, 4) is 33.5 Å². The first kappa shape index (κ1) is 16.0. The Morgan fingerprint density at radius 1 is 0.625 bits per heavy atom. The Bertz CT molecular complexity index is 1670. The second-order valence-corrected chi connectivity index (χ2v) is 8.96. The fourth-order valence-electron chi connectivity index (χ4n) is 4.26. The van der Waals surface area contributed by atoms with Crippen molar-refractivity contribution < 1.29 is 4.11 Å². The molecule has 2 heterocycles. The third kappa shape index (κ3) is 3.30. The van der Waals surface area contributed by atoms with E-state index in [-0.39, 0.29) is 0 Å². The molecular weight excluding hydrogens is 406 g/mol. The summed E-state index contributed by atoms with van der Waals surface area (Å²) in [6, 6.07) is 34.5. The Balaban J connectivity index is 1.52. The van der Waals surface area contributed by atoms with Gasteiger partial charge in [-0.05, 0) is 58.9 Å². The van der Waals surface area contributed by atoms with Crippen molar-refractivity contribution in [3.05, 3.63) is 115 Å². The average Bonchev–Trinajstić information content (AvgIpc) is 3.26. The van der Waals surface area contributed by atoms with Gasteiger partial charge in [0.15, 0.2) is 0 Å². The van der Waals surface area contributed by atoms with E-state index in [2.05, 4.69) is 35.3 Å². The normalized spacial score (nSPS) is 13.1. The summed E-state index contributed by atoms with van der Waals surface area (Å²) in [7, 11) is 0. The molecule has 4 aromatic carbocycles. The van der Waals surface area contributed by atoms with E-state index in [1.807, 2.05) is 79.0 Å². The summed E-state index contributed by atoms with van der Waals surface area (Å²) < 4.78 is 26.8. The third-order valence-electron chi connectivity index (χ3n) is 5.84. The van der Waals surface area contributed by atoms with Crippen molar-refractivity contribution in [2.75, 3.05) is 0 Å². The topological polar surface area (TPSA) is 12.9 Å². The molecule has 152 valence electrons. The van der Waals surface area contributed by atoms with Gasteiger partial charge in [-0.1, -0.05) is 78.9 Å². The van der Waals surface area contributed by atoms with Crippen LogP contribution in [0.25, 0.3) is 53.7 Å². The monoisotopic (exact) mass is 430 g/mol. The maximum absolute atomic E-state index is 8.24. The van der Waals surface area contributed by atoms with Crippen molar-refractivity contribution in [1.82, 2.24) is 4.98 Å². The lowest BCUT2D eigenvalue weighted by molar-refractivity contribution is 1.33. The van der Waals surface area contributed by atoms with Gasteiger partial charge in [-0.2, -0.15) is 0 Å². The zero-order chi connectivity index (χ0) is 24.0. The number of pyridine rings is 1. The second kappa shape index (κ2) is 7.74. The number of rotatable bonds is 3. The van der Waals surface area contributed by atoms with E-state index < -0.39 is 6.85 Å². The van der Waals surface area contributed by atoms with Gasteiger partial charge in [0.05, 0.1) is 5.69 Å². The molecular formula is C30H21NS. The van der Waals surface area contributed by atoms with Gasteiger partial charge in [0, 0.05) is 36.0 Å². The van der Waals surface area contributed by atoms with E-state index in [9.17, 15) is 0 Å². The molecule has 0 radical (unpaired) electrons. The third-order valence-corrected chi connectivity index (χ3v) is 6.94. The Hall–Kier alpha value is -3.75. The fraction of sp³-hybridized carbons (Fsp3) is 0.0333. The lowest BCUT2D eigenvalue weighted by Gasteiger charge is -2.06. The highest BCUT2D eigenvalue weighted by atomic mass is 32.1. The number of nitrogens with zero attached hydrogens (tertiary/aromatic N) is 1. The van der Waals surface area contributed by atoms with Crippen LogP contribution in [0.1, 0.15) is 9.68 Å². The van der Waals surface area contributed by atoms with Crippen LogP contribution in [0, 0.1) is 6.85 Å². The molecule has 2 aromatic heterocycles. The fourth-order valence-corrected chi connectivity index (χ4v) is 5.47. The number of hydrogen-bond acceptors (Lipinski definition) is 2. The van der Waals surface area contributed by atoms with Crippen LogP contribution in [0.5, 0.6) is 0 Å². The molecule has 0 saturated carbocycles. The summed E-state index contributed by atoms with van der Waals surface area (Å²) in [6.45, 7) is -2.21. The maximum atomic E-state index is 8.24. The summed E-state index contributed by atoms with van der Waals surface area (Å²) in [5.74, 6) is 0. The number of fused-ring (bicyclic) bond motifs is 3. The van der Waals surface area contributed by atoms with E-state index in [4.69, 9.17) is 4.11 Å². The summed E-state index contributed by atoms with van der Waals surface area (Å²) in [5, 5.41) is 1.79. The highest BCUT2D eigenvalue weighted by Crippen LogP contribution is 2.40. The van der Waals surface area contributed by atoms with E-state index >= 15 is 0 Å². The van der Waals surface area contributed by atoms with E-state index in [0.717, 1.165) is 53.7 Å². The van der Waals surface area contributed by atoms with Crippen LogP contribution in [-0.4, -0.2) is 4.98 Å². The van der Waals surface area contributed by atoms with Crippen LogP contribution in [0.2, 0.25) is 0 Å². The van der Waals surface area contributed by atoms with Gasteiger partial charge in [-0.15, -0.1) is 11.3 Å². The van der Waals surface area contributed by atoms with Gasteiger partial charge in [0.1, 0.15) is 0 Å². The minimum Gasteiger partial charge on any atom is -0.256 e. The largest absolute Gasteiger partial charge is 0.256 e. The quantitative estimate of drug-likeness (QED) is 0.273. The highest BCUT2D eigenvalue weighted by Gasteiger charge is 2.12. The van der Waals surface area contributed by atoms with Gasteiger partial charge >= 0.3 is 0 Å². The molecule has 0 spiro atoms. The van der Waals surface area contributed by atoms with Gasteiger partial charge in [-0.25, -0.2) is 0 Å². The second-order valence-electron chi connectivity index (χ2n) is 7.87. The predicted octanol–water partition coefficient (Wildman–Crippen LogP) is 8.76. The predicted molar refractivity (Wildman–Crippen MR) is 138 cm³/mol. The highest BCUT2D eigenvalue weighted by molar-refractivity contribution is 7.25. The Morgan fingerprint density at radius 3 is 2.09 bits per heavy atom. The van der Waals surface area contributed by atoms with Crippen molar-refractivity contribution in [3.63, 3.8) is 0 Å². The van der Waals surface area contributed by atoms with Crippen molar-refractivity contribution in [2.45, 2.75) is 6.85 Å². The van der Waals surface area contributed by atoms with Crippen LogP contribution in [0.15, 0.2) is 109 Å². The summed E-state index contributed by atoms with van der Waals surface area (Å²) >= 11 is 1.63. The molecule has 0 saturated heterocycles. The lowest BCUT2D eigenvalue weighted by atomic mass is 9.99. The standard InChI is InChI=1S/C30H21NS/c1-20-16-25(22-10-6-3-7-11-22)19-29-30(20)26-13-12-24(18-28(26)32-29)27-17-23(14-15-31-27)21-8-4-2-5-9-21/h2-19H,1H3/i1D3. The first-order chi connectivity index (χ1) is 17.0. The van der Waals surface area contributed by atoms with Crippen molar-refractivity contribution in [2.24, 2.45) is 0 Å². The molecule has 0 aliphatic carbocycles. The molecule has 2 heteroatoms. The Labute approximate surface area is 195 Å². The van der Waals surface area contributed by atoms with Gasteiger partial charge in [0.2, 0.25) is 0 Å². The molecule has 0 atom stereocenters. The zero-order valence-corrected chi connectivity index (χ0v) is 18.1. The number of aromatic nitrogens is 1. The van der Waals surface area contributed by atoms with Crippen molar-refractivity contribution >= 4 is 31.5 Å². The van der Waals surface area contributed by atoms with Crippen molar-refractivity contribution in [1.29, 1.82) is 0 Å². The van der Waals surface area contributed by atoms with Crippen LogP contribution in [0.3, 0.4) is 0 Å². The van der Waals surface area contributed by atoms with Crippen LogP contribution >= 0.6 is 11.3 Å². The number of hydrogen-bond donors (Lipinski definition) is 0. The molecule has 6 rings (SSSR count). The first-order valence-corrected chi connectivity index (χ1v) is 11.4. The van der Waals surface area contributed by atoms with Crippen LogP contribution in [0.4, 0.5) is 0 Å². The van der Waals surface area contributed by atoms with Gasteiger partial charge < -0.3 is 0 Å². The number of thiophene rings is 1. The molecule has 6 aromatic rings. The Morgan fingerprint density at radius 2 is 1.34 bits per heavy atom. The number of aryl methyl sites for hydroxylation is 1. The van der Waals surface area contributed by atoms with Crippen LogP contribution < -0.4 is 0 Å². The van der Waals surface area contributed by atoms with Gasteiger partial charge in [-0.3, -0.25) is 4.98 Å². The smallest absolute Gasteiger partial charge is 0.0708 e. The molecule has 1 nitrogen and oxygen atoms in total. The lowest BCUT2D eigenvalue weighted by Crippen LogP contribution is -1.85. The SMILES string of the molecule is [2H]C([2H])([2H])c1cc(-c2ccccc2)cc2sc3cc(-c4cc(-c5ccccc5)ccn4)ccc3c12. The zero-order valence-electron chi connectivity index (χ0n) is 20.2. The molecule has 0 bridgehead atoms. The van der Waals surface area contributed by atoms with Gasteiger partial charge in [0.25, 0.3) is 0 Å². The Kier molecular flexibility index (Phi) is 3.86. The molecule has 0 fully saturated rings. The van der Waals surface area contributed by atoms with E-state index in [0.29, 0.717) is 5.56 Å². The summed E-state index contributed by atoms with van der Waals surface area (Å²) in [6.07, 6.45) is 1.84. The van der Waals surface area contributed by atoms with Crippen LogP contribution in [-0.2, 0) is 0 Å². The summed E-state index contributed by atoms with van der Waals surface area (Å²) in [4.78, 5) is 4.62. The molecule has 0 aliphatic heterocycles. The molecule has 32 heavy (non-hydrogen) atoms. The average molecular weight is 431 g/mol. The maximum Gasteiger partial charge on any atom is 0.0708 e. The minimum atomic E-state index is -2.21. The van der Waals surface area contributed by atoms with E-state index in [1.54, 1.807) is 11.3 Å². The number of benzene rings is 4. The minimum absolute atomic E-state index is 0.400. The first-order valence-electron chi connectivity index (χ1n) is 12.1. The molecule has 0 amide bonds. The molecule has 0 N–H and O–H groups in total. The van der Waals surface area contributed by atoms with E-state index in [1.165, 1.54) is 0 Å². The summed E-state index contributed by atoms with van der Waals surface area (Å²) in [5.41, 5.74) is 6.51. The molecule has 0 unspecified atom stereocenters. The molecule has 0 aliphatic rings.